The molecule has 1 rings (SSSR count). The summed E-state index contributed by atoms with van der Waals surface area (Å²) in [7, 11) is 0. The molecule has 0 aliphatic carbocycles. The lowest BCUT2D eigenvalue weighted by Crippen LogP contribution is -2.36. The van der Waals surface area contributed by atoms with Gasteiger partial charge in [-0.3, -0.25) is 10.4 Å². The number of hydrazine groups is 1. The molecular formula is C12H18ClFN4O. The standard InChI is InChI=1S/C12H18ClFN4O/c1-2-19-8-4-7-16-12(18-15)17-11-9(13)5-3-6-10(11)14/h3,5-6H,2,4,7-8,15H2,1H3,(H2,16,17,18). The van der Waals surface area contributed by atoms with E-state index in [1.807, 2.05) is 6.92 Å². The Morgan fingerprint density at radius 1 is 1.53 bits per heavy atom. The Hall–Kier alpha value is -1.37. The minimum atomic E-state index is -0.468. The number of anilines is 1. The Morgan fingerprint density at radius 2 is 2.32 bits per heavy atom. The van der Waals surface area contributed by atoms with Gasteiger partial charge < -0.3 is 10.1 Å². The van der Waals surface area contributed by atoms with Gasteiger partial charge in [0.05, 0.1) is 10.7 Å². The second kappa shape index (κ2) is 8.68. The van der Waals surface area contributed by atoms with Gasteiger partial charge in [0, 0.05) is 19.8 Å². The summed E-state index contributed by atoms with van der Waals surface area (Å²) in [5.41, 5.74) is 2.51. The van der Waals surface area contributed by atoms with Crippen LogP contribution >= 0.6 is 11.6 Å². The number of benzene rings is 1. The molecule has 0 aliphatic rings. The van der Waals surface area contributed by atoms with Crippen molar-refractivity contribution in [2.45, 2.75) is 13.3 Å². The lowest BCUT2D eigenvalue weighted by atomic mass is 10.3. The van der Waals surface area contributed by atoms with Crippen molar-refractivity contribution in [2.75, 3.05) is 25.1 Å². The van der Waals surface area contributed by atoms with Crippen molar-refractivity contribution in [1.82, 2.24) is 5.43 Å². The largest absolute Gasteiger partial charge is 0.382 e. The molecule has 0 heterocycles. The third-order valence-electron chi connectivity index (χ3n) is 2.26. The lowest BCUT2D eigenvalue weighted by Gasteiger charge is -2.11. The maximum Gasteiger partial charge on any atom is 0.210 e. The Balaban J connectivity index is 2.58. The number of hydrogen-bond donors (Lipinski definition) is 3. The summed E-state index contributed by atoms with van der Waals surface area (Å²) in [5.74, 6) is 5.11. The normalized spacial score (nSPS) is 11.5. The average molecular weight is 289 g/mol. The van der Waals surface area contributed by atoms with Crippen LogP contribution in [0.1, 0.15) is 13.3 Å². The highest BCUT2D eigenvalue weighted by molar-refractivity contribution is 6.33. The first-order valence-electron chi connectivity index (χ1n) is 5.98. The van der Waals surface area contributed by atoms with Gasteiger partial charge in [-0.15, -0.1) is 0 Å². The molecule has 19 heavy (non-hydrogen) atoms. The molecule has 0 unspecified atom stereocenters. The van der Waals surface area contributed by atoms with E-state index < -0.39 is 5.82 Å². The van der Waals surface area contributed by atoms with Gasteiger partial charge in [-0.25, -0.2) is 10.2 Å². The van der Waals surface area contributed by atoms with E-state index in [0.717, 1.165) is 6.42 Å². The second-order valence-electron chi connectivity index (χ2n) is 3.65. The highest BCUT2D eigenvalue weighted by Gasteiger charge is 2.08. The summed E-state index contributed by atoms with van der Waals surface area (Å²) >= 11 is 5.89. The first-order chi connectivity index (χ1) is 9.19. The van der Waals surface area contributed by atoms with Crippen LogP contribution in [0.15, 0.2) is 23.2 Å². The Kier molecular flexibility index (Phi) is 7.17. The van der Waals surface area contributed by atoms with Gasteiger partial charge in [-0.05, 0) is 25.5 Å². The summed E-state index contributed by atoms with van der Waals surface area (Å²) in [6.45, 7) is 3.74. The molecule has 0 amide bonds. The molecule has 0 aliphatic heterocycles. The number of nitrogens with zero attached hydrogens (tertiary/aromatic N) is 1. The van der Waals surface area contributed by atoms with Crippen molar-refractivity contribution < 1.29 is 9.13 Å². The van der Waals surface area contributed by atoms with Crippen LogP contribution in [0.2, 0.25) is 5.02 Å². The fraction of sp³-hybridized carbons (Fsp3) is 0.417. The molecule has 0 atom stereocenters. The molecule has 0 saturated carbocycles. The van der Waals surface area contributed by atoms with Crippen LogP contribution in [0.25, 0.3) is 0 Å². The predicted octanol–water partition coefficient (Wildman–Crippen LogP) is 2.14. The van der Waals surface area contributed by atoms with Crippen molar-refractivity contribution in [2.24, 2.45) is 10.8 Å². The number of hydrogen-bond acceptors (Lipinski definition) is 3. The molecule has 0 saturated heterocycles. The maximum atomic E-state index is 13.5. The topological polar surface area (TPSA) is 71.7 Å². The molecule has 106 valence electrons. The lowest BCUT2D eigenvalue weighted by molar-refractivity contribution is 0.146. The number of rotatable bonds is 6. The quantitative estimate of drug-likeness (QED) is 0.247. The zero-order valence-corrected chi connectivity index (χ0v) is 11.5. The molecule has 0 spiro atoms. The second-order valence-corrected chi connectivity index (χ2v) is 4.05. The summed E-state index contributed by atoms with van der Waals surface area (Å²) in [4.78, 5) is 4.16. The van der Waals surface area contributed by atoms with Crippen molar-refractivity contribution in [3.63, 3.8) is 0 Å². The number of nitrogens with two attached hydrogens (primary N) is 1. The number of halogens is 2. The minimum absolute atomic E-state index is 0.144. The number of guanidine groups is 1. The fourth-order valence-electron chi connectivity index (χ4n) is 1.36. The maximum absolute atomic E-state index is 13.5. The number of ether oxygens (including phenoxy) is 1. The predicted molar refractivity (Wildman–Crippen MR) is 75.8 cm³/mol. The molecule has 1 aromatic carbocycles. The average Bonchev–Trinajstić information content (AvgIpc) is 2.40. The summed E-state index contributed by atoms with van der Waals surface area (Å²) in [5, 5.41) is 2.98. The number of aliphatic imine (C=N–C) groups is 1. The van der Waals surface area contributed by atoms with Crippen molar-refractivity contribution >= 4 is 23.2 Å². The molecule has 0 bridgehead atoms. The molecule has 5 nitrogen and oxygen atoms in total. The smallest absolute Gasteiger partial charge is 0.210 e. The SMILES string of the molecule is CCOCCCN=C(NN)Nc1c(F)cccc1Cl. The van der Waals surface area contributed by atoms with Crippen LogP contribution < -0.4 is 16.6 Å². The highest BCUT2D eigenvalue weighted by atomic mass is 35.5. The third-order valence-corrected chi connectivity index (χ3v) is 2.58. The first kappa shape index (κ1) is 15.7. The molecular weight excluding hydrogens is 271 g/mol. The van der Waals surface area contributed by atoms with E-state index in [0.29, 0.717) is 19.8 Å². The van der Waals surface area contributed by atoms with E-state index in [-0.39, 0.29) is 16.7 Å². The van der Waals surface area contributed by atoms with Gasteiger partial charge in [-0.2, -0.15) is 0 Å². The highest BCUT2D eigenvalue weighted by Crippen LogP contribution is 2.24. The van der Waals surface area contributed by atoms with Crippen LogP contribution in [0.5, 0.6) is 0 Å². The fourth-order valence-corrected chi connectivity index (χ4v) is 1.57. The Morgan fingerprint density at radius 3 is 2.95 bits per heavy atom. The van der Waals surface area contributed by atoms with Gasteiger partial charge in [0.15, 0.2) is 0 Å². The summed E-state index contributed by atoms with van der Waals surface area (Å²) < 4.78 is 18.7. The summed E-state index contributed by atoms with van der Waals surface area (Å²) in [6, 6.07) is 4.41. The third kappa shape index (κ3) is 5.42. The van der Waals surface area contributed by atoms with E-state index in [9.17, 15) is 4.39 Å². The molecule has 4 N–H and O–H groups in total. The summed E-state index contributed by atoms with van der Waals surface area (Å²) in [6.07, 6.45) is 0.756. The van der Waals surface area contributed by atoms with Crippen molar-refractivity contribution in [3.8, 4) is 0 Å². The molecule has 0 radical (unpaired) electrons. The van der Waals surface area contributed by atoms with Crippen LogP contribution in [0.4, 0.5) is 10.1 Å². The van der Waals surface area contributed by atoms with Gasteiger partial charge in [0.25, 0.3) is 0 Å². The van der Waals surface area contributed by atoms with Gasteiger partial charge >= 0.3 is 0 Å². The Labute approximate surface area is 117 Å². The zero-order valence-electron chi connectivity index (χ0n) is 10.7. The van der Waals surface area contributed by atoms with Crippen LogP contribution in [0, 0.1) is 5.82 Å². The number of nitrogens with one attached hydrogen (secondary N) is 2. The Bertz CT molecular complexity index is 408. The molecule has 0 aromatic heterocycles. The van der Waals surface area contributed by atoms with Gasteiger partial charge in [0.2, 0.25) is 5.96 Å². The van der Waals surface area contributed by atoms with E-state index in [2.05, 4.69) is 15.7 Å². The molecule has 7 heteroatoms. The van der Waals surface area contributed by atoms with Crippen LogP contribution in [-0.2, 0) is 4.74 Å². The van der Waals surface area contributed by atoms with Crippen molar-refractivity contribution in [3.05, 3.63) is 29.0 Å². The van der Waals surface area contributed by atoms with Gasteiger partial charge in [0.1, 0.15) is 5.82 Å². The van der Waals surface area contributed by atoms with E-state index in [4.69, 9.17) is 22.2 Å². The zero-order chi connectivity index (χ0) is 14.1. The van der Waals surface area contributed by atoms with Crippen LogP contribution in [0.3, 0.4) is 0 Å². The van der Waals surface area contributed by atoms with Crippen LogP contribution in [-0.4, -0.2) is 25.7 Å². The van der Waals surface area contributed by atoms with E-state index in [1.165, 1.54) is 12.1 Å². The van der Waals surface area contributed by atoms with Crippen molar-refractivity contribution in [1.29, 1.82) is 0 Å². The number of para-hydroxylation sites is 1. The molecule has 1 aromatic rings. The molecule has 0 fully saturated rings. The minimum Gasteiger partial charge on any atom is -0.382 e. The van der Waals surface area contributed by atoms with Gasteiger partial charge in [-0.1, -0.05) is 17.7 Å². The van der Waals surface area contributed by atoms with E-state index in [1.54, 1.807) is 6.07 Å². The van der Waals surface area contributed by atoms with E-state index >= 15 is 0 Å². The monoisotopic (exact) mass is 288 g/mol. The first-order valence-corrected chi connectivity index (χ1v) is 6.36.